The summed E-state index contributed by atoms with van der Waals surface area (Å²) in [5.41, 5.74) is 1.17. The third-order valence-electron chi connectivity index (χ3n) is 2.96. The van der Waals surface area contributed by atoms with E-state index in [9.17, 15) is 5.11 Å². The minimum absolute atomic E-state index is 0.236. The summed E-state index contributed by atoms with van der Waals surface area (Å²) in [6.45, 7) is 0.939. The van der Waals surface area contributed by atoms with Gasteiger partial charge in [-0.1, -0.05) is 42.5 Å². The second-order valence-corrected chi connectivity index (χ2v) is 4.52. The molecule has 4 heteroatoms. The average Bonchev–Trinajstić information content (AvgIpc) is 2.44. The molecule has 19 heavy (non-hydrogen) atoms. The number of aliphatic hydroxyl groups excluding tert-OH is 2. The van der Waals surface area contributed by atoms with Crippen LogP contribution in [0.2, 0.25) is 0 Å². The van der Waals surface area contributed by atoms with E-state index in [1.54, 1.807) is 7.11 Å². The number of aliphatic hydroxyl groups is 2. The van der Waals surface area contributed by atoms with Crippen molar-refractivity contribution >= 4 is 0 Å². The van der Waals surface area contributed by atoms with Gasteiger partial charge in [0.05, 0.1) is 25.4 Å². The zero-order valence-electron chi connectivity index (χ0n) is 11.6. The highest BCUT2D eigenvalue weighted by atomic mass is 16.5. The molecule has 0 aromatic heterocycles. The molecular formula is C15H23NO3. The molecule has 0 bridgehead atoms. The van der Waals surface area contributed by atoms with Gasteiger partial charge in [0.2, 0.25) is 0 Å². The lowest BCUT2D eigenvalue weighted by molar-refractivity contribution is 0.0360. The normalized spacial score (nSPS) is 15.0. The highest BCUT2D eigenvalue weighted by molar-refractivity contribution is 5.15. The topological polar surface area (TPSA) is 52.9 Å². The Morgan fingerprint density at radius 3 is 2.58 bits per heavy atom. The second-order valence-electron chi connectivity index (χ2n) is 4.52. The number of hydrogen-bond donors (Lipinski definition) is 2. The van der Waals surface area contributed by atoms with Crippen molar-refractivity contribution < 1.29 is 14.9 Å². The van der Waals surface area contributed by atoms with Crippen LogP contribution in [-0.4, -0.2) is 54.6 Å². The van der Waals surface area contributed by atoms with Gasteiger partial charge >= 0.3 is 0 Å². The van der Waals surface area contributed by atoms with E-state index in [-0.39, 0.29) is 12.6 Å². The molecule has 0 heterocycles. The lowest BCUT2D eigenvalue weighted by atomic mass is 10.1. The van der Waals surface area contributed by atoms with Gasteiger partial charge in [0, 0.05) is 13.7 Å². The van der Waals surface area contributed by atoms with Crippen LogP contribution in [0.1, 0.15) is 5.56 Å². The largest absolute Gasteiger partial charge is 0.394 e. The zero-order valence-corrected chi connectivity index (χ0v) is 11.6. The van der Waals surface area contributed by atoms with Crippen LogP contribution in [0, 0.1) is 0 Å². The molecule has 106 valence electrons. The molecule has 2 atom stereocenters. The fourth-order valence-corrected chi connectivity index (χ4v) is 1.94. The standard InChI is InChI=1S/C15H23NO3/c1-16(11-13-7-4-3-5-8-13)14(15(18)12-17)9-6-10-19-2/h3-9,14-15,17-18H,10-12H2,1-2H3. The van der Waals surface area contributed by atoms with Crippen LogP contribution in [0.4, 0.5) is 0 Å². The molecule has 1 rings (SSSR count). The summed E-state index contributed by atoms with van der Waals surface area (Å²) >= 11 is 0. The van der Waals surface area contributed by atoms with Crippen LogP contribution in [0.3, 0.4) is 0 Å². The monoisotopic (exact) mass is 265 g/mol. The van der Waals surface area contributed by atoms with Gasteiger partial charge in [-0.3, -0.25) is 4.90 Å². The molecule has 4 nitrogen and oxygen atoms in total. The summed E-state index contributed by atoms with van der Waals surface area (Å²) < 4.78 is 4.95. The number of likely N-dealkylation sites (N-methyl/N-ethyl adjacent to an activating group) is 1. The molecule has 2 unspecified atom stereocenters. The molecule has 0 aliphatic carbocycles. The lowest BCUT2D eigenvalue weighted by Crippen LogP contribution is -2.41. The third-order valence-corrected chi connectivity index (χ3v) is 2.96. The molecular weight excluding hydrogens is 242 g/mol. The molecule has 0 saturated heterocycles. The maximum Gasteiger partial charge on any atom is 0.0961 e. The Labute approximate surface area is 114 Å². The summed E-state index contributed by atoms with van der Waals surface area (Å²) in [6.07, 6.45) is 2.92. The van der Waals surface area contributed by atoms with Crippen molar-refractivity contribution in [3.05, 3.63) is 48.0 Å². The molecule has 1 aromatic rings. The summed E-state index contributed by atoms with van der Waals surface area (Å²) in [5, 5.41) is 19.0. The Balaban J connectivity index is 2.68. The van der Waals surface area contributed by atoms with Crippen molar-refractivity contribution in [3.63, 3.8) is 0 Å². The van der Waals surface area contributed by atoms with Crippen molar-refractivity contribution in [1.29, 1.82) is 0 Å². The van der Waals surface area contributed by atoms with E-state index in [4.69, 9.17) is 9.84 Å². The van der Waals surface area contributed by atoms with Gasteiger partial charge in [-0.2, -0.15) is 0 Å². The molecule has 0 saturated carbocycles. The van der Waals surface area contributed by atoms with Gasteiger partial charge in [0.1, 0.15) is 0 Å². The Bertz CT molecular complexity index is 367. The van der Waals surface area contributed by atoms with Crippen molar-refractivity contribution in [2.45, 2.75) is 18.7 Å². The number of benzene rings is 1. The first kappa shape index (κ1) is 15.9. The van der Waals surface area contributed by atoms with Crippen molar-refractivity contribution in [2.75, 3.05) is 27.4 Å². The van der Waals surface area contributed by atoms with Crippen LogP contribution < -0.4 is 0 Å². The van der Waals surface area contributed by atoms with E-state index in [1.807, 2.05) is 54.4 Å². The molecule has 0 spiro atoms. The van der Waals surface area contributed by atoms with Gasteiger partial charge in [0.15, 0.2) is 0 Å². The van der Waals surface area contributed by atoms with Gasteiger partial charge in [-0.05, 0) is 12.6 Å². The van der Waals surface area contributed by atoms with E-state index < -0.39 is 6.10 Å². The van der Waals surface area contributed by atoms with Crippen molar-refractivity contribution in [1.82, 2.24) is 4.90 Å². The van der Waals surface area contributed by atoms with Crippen molar-refractivity contribution in [2.24, 2.45) is 0 Å². The molecule has 0 aliphatic rings. The molecule has 2 N–H and O–H groups in total. The van der Waals surface area contributed by atoms with E-state index in [0.717, 1.165) is 0 Å². The lowest BCUT2D eigenvalue weighted by Gasteiger charge is -2.28. The fraction of sp³-hybridized carbons (Fsp3) is 0.467. The molecule has 0 fully saturated rings. The maximum absolute atomic E-state index is 9.88. The number of hydrogen-bond acceptors (Lipinski definition) is 4. The summed E-state index contributed by atoms with van der Waals surface area (Å²) in [4.78, 5) is 2.00. The summed E-state index contributed by atoms with van der Waals surface area (Å²) in [7, 11) is 3.54. The third kappa shape index (κ3) is 5.53. The van der Waals surface area contributed by atoms with Crippen LogP contribution >= 0.6 is 0 Å². The maximum atomic E-state index is 9.88. The Morgan fingerprint density at radius 2 is 2.00 bits per heavy atom. The molecule has 0 aliphatic heterocycles. The number of rotatable bonds is 8. The van der Waals surface area contributed by atoms with Gasteiger partial charge < -0.3 is 14.9 Å². The van der Waals surface area contributed by atoms with E-state index in [1.165, 1.54) is 5.56 Å². The zero-order chi connectivity index (χ0) is 14.1. The van der Waals surface area contributed by atoms with Crippen LogP contribution in [0.5, 0.6) is 0 Å². The molecule has 0 radical (unpaired) electrons. The number of nitrogens with zero attached hydrogens (tertiary/aromatic N) is 1. The quantitative estimate of drug-likeness (QED) is 0.690. The molecule has 0 amide bonds. The van der Waals surface area contributed by atoms with E-state index in [0.29, 0.717) is 13.2 Å². The minimum atomic E-state index is -0.804. The van der Waals surface area contributed by atoms with Crippen molar-refractivity contribution in [3.8, 4) is 0 Å². The summed E-state index contributed by atoms with van der Waals surface area (Å²) in [6, 6.07) is 9.79. The average molecular weight is 265 g/mol. The highest BCUT2D eigenvalue weighted by Gasteiger charge is 2.20. The van der Waals surface area contributed by atoms with Gasteiger partial charge in [-0.15, -0.1) is 0 Å². The van der Waals surface area contributed by atoms with E-state index >= 15 is 0 Å². The van der Waals surface area contributed by atoms with Gasteiger partial charge in [0.25, 0.3) is 0 Å². The fourth-order valence-electron chi connectivity index (χ4n) is 1.94. The predicted molar refractivity (Wildman–Crippen MR) is 75.8 cm³/mol. The first-order valence-electron chi connectivity index (χ1n) is 6.37. The van der Waals surface area contributed by atoms with E-state index in [2.05, 4.69) is 0 Å². The summed E-state index contributed by atoms with van der Waals surface area (Å²) in [5.74, 6) is 0. The SMILES string of the molecule is COCC=CC(C(O)CO)N(C)Cc1ccccc1. The highest BCUT2D eigenvalue weighted by Crippen LogP contribution is 2.10. The molecule has 1 aromatic carbocycles. The smallest absolute Gasteiger partial charge is 0.0961 e. The van der Waals surface area contributed by atoms with Crippen LogP contribution in [0.25, 0.3) is 0 Å². The Morgan fingerprint density at radius 1 is 1.32 bits per heavy atom. The van der Waals surface area contributed by atoms with Crippen LogP contribution in [0.15, 0.2) is 42.5 Å². The predicted octanol–water partition coefficient (Wildman–Crippen LogP) is 1.04. The van der Waals surface area contributed by atoms with Gasteiger partial charge in [-0.25, -0.2) is 0 Å². The van der Waals surface area contributed by atoms with Crippen LogP contribution in [-0.2, 0) is 11.3 Å². The first-order chi connectivity index (χ1) is 9.19. The first-order valence-corrected chi connectivity index (χ1v) is 6.37. The minimum Gasteiger partial charge on any atom is -0.394 e. The number of ether oxygens (including phenoxy) is 1. The Hall–Kier alpha value is -1.20. The second kappa shape index (κ2) is 8.82. The number of methoxy groups -OCH3 is 1. The Kier molecular flexibility index (Phi) is 7.36.